The number of allylic oxidation sites excluding steroid dienone is 2. The average Bonchev–Trinajstić information content (AvgIpc) is 3.11. The highest BCUT2D eigenvalue weighted by atomic mass is 19.1. The maximum absolute atomic E-state index is 14.1. The van der Waals surface area contributed by atoms with Gasteiger partial charge in [0.25, 0.3) is 0 Å². The molecule has 4 rings (SSSR count). The number of rotatable bonds is 7. The number of ether oxygens (including phenoxy) is 4. The Labute approximate surface area is 186 Å². The molecule has 0 radical (unpaired) electrons. The summed E-state index contributed by atoms with van der Waals surface area (Å²) in [6, 6.07) is 4.21. The first-order chi connectivity index (χ1) is 15.3. The summed E-state index contributed by atoms with van der Waals surface area (Å²) < 4.78 is 36.4. The van der Waals surface area contributed by atoms with Crippen LogP contribution in [-0.4, -0.2) is 44.0 Å². The Hall–Kier alpha value is -3.10. The second-order valence-electron chi connectivity index (χ2n) is 8.12. The van der Waals surface area contributed by atoms with Crippen LogP contribution in [0, 0.1) is 5.82 Å². The standard InChI is InChI=1S/C24H27FN2O5/c1-15(16-5-7-22-17(9-16)6-8-23(27-22)28-4)30-19-10-18(25)11-20(12-19)32-26-13-21-14-29-24(2,3)31-21/h5-13,15,21-22,27H,14H2,1-4H3/b26-13+/t15?,21-,22?/m1/s1. The van der Waals surface area contributed by atoms with Crippen LogP contribution < -0.4 is 14.9 Å². The molecule has 8 heteroatoms. The Morgan fingerprint density at radius 3 is 2.81 bits per heavy atom. The highest BCUT2D eigenvalue weighted by molar-refractivity contribution is 5.63. The van der Waals surface area contributed by atoms with Crippen molar-refractivity contribution in [1.82, 2.24) is 5.32 Å². The normalized spacial score (nSPS) is 24.7. The SMILES string of the molecule is COC1=CC=C2C=C(C(C)Oc3cc(F)cc(O/N=C/[C@@H]4COC(C)(C)O4)c3)C=CC2N1. The third-order valence-corrected chi connectivity index (χ3v) is 5.16. The van der Waals surface area contributed by atoms with Gasteiger partial charge < -0.3 is 29.1 Å². The van der Waals surface area contributed by atoms with Crippen LogP contribution in [0.1, 0.15) is 20.8 Å². The zero-order chi connectivity index (χ0) is 22.7. The minimum absolute atomic E-state index is 0.0535. The van der Waals surface area contributed by atoms with Gasteiger partial charge in [0.2, 0.25) is 0 Å². The van der Waals surface area contributed by atoms with Crippen molar-refractivity contribution >= 4 is 6.21 Å². The Kier molecular flexibility index (Phi) is 6.34. The Morgan fingerprint density at radius 1 is 1.25 bits per heavy atom. The van der Waals surface area contributed by atoms with E-state index in [-0.39, 0.29) is 24.0 Å². The number of halogens is 1. The molecule has 1 fully saturated rings. The van der Waals surface area contributed by atoms with E-state index in [1.54, 1.807) is 13.2 Å². The molecule has 32 heavy (non-hydrogen) atoms. The van der Waals surface area contributed by atoms with Crippen molar-refractivity contribution in [3.05, 3.63) is 71.4 Å². The van der Waals surface area contributed by atoms with Crippen molar-refractivity contribution in [3.63, 3.8) is 0 Å². The van der Waals surface area contributed by atoms with Gasteiger partial charge in [-0.05, 0) is 44.1 Å². The molecule has 2 aliphatic heterocycles. The van der Waals surface area contributed by atoms with Gasteiger partial charge in [-0.15, -0.1) is 0 Å². The maximum atomic E-state index is 14.1. The van der Waals surface area contributed by atoms with E-state index in [4.69, 9.17) is 23.8 Å². The third kappa shape index (κ3) is 5.38. The third-order valence-electron chi connectivity index (χ3n) is 5.16. The second kappa shape index (κ2) is 9.18. The summed E-state index contributed by atoms with van der Waals surface area (Å²) in [5.74, 6) is 0.159. The van der Waals surface area contributed by atoms with Gasteiger partial charge in [0.1, 0.15) is 23.8 Å². The van der Waals surface area contributed by atoms with Crippen LogP contribution in [0.5, 0.6) is 11.5 Å². The molecule has 1 N–H and O–H groups in total. The summed E-state index contributed by atoms with van der Waals surface area (Å²) in [5.41, 5.74) is 2.06. The topological polar surface area (TPSA) is 70.5 Å². The summed E-state index contributed by atoms with van der Waals surface area (Å²) in [6.07, 6.45) is 10.8. The predicted octanol–water partition coefficient (Wildman–Crippen LogP) is 3.99. The molecule has 3 aliphatic rings. The van der Waals surface area contributed by atoms with E-state index in [1.807, 2.05) is 45.1 Å². The predicted molar refractivity (Wildman–Crippen MR) is 118 cm³/mol. The van der Waals surface area contributed by atoms with Gasteiger partial charge >= 0.3 is 0 Å². The van der Waals surface area contributed by atoms with Crippen molar-refractivity contribution in [2.45, 2.75) is 44.8 Å². The van der Waals surface area contributed by atoms with E-state index in [0.29, 0.717) is 12.4 Å². The molecule has 1 aliphatic carbocycles. The summed E-state index contributed by atoms with van der Waals surface area (Å²) in [7, 11) is 1.63. The van der Waals surface area contributed by atoms with E-state index >= 15 is 0 Å². The highest BCUT2D eigenvalue weighted by Gasteiger charge is 2.31. The molecule has 2 unspecified atom stereocenters. The number of fused-ring (bicyclic) bond motifs is 1. The van der Waals surface area contributed by atoms with Crippen LogP contribution in [-0.2, 0) is 14.2 Å². The second-order valence-corrected chi connectivity index (χ2v) is 8.12. The monoisotopic (exact) mass is 442 g/mol. The van der Waals surface area contributed by atoms with Crippen molar-refractivity contribution in [1.29, 1.82) is 0 Å². The Morgan fingerprint density at radius 2 is 2.06 bits per heavy atom. The molecule has 0 bridgehead atoms. The van der Waals surface area contributed by atoms with Crippen molar-refractivity contribution < 1.29 is 28.2 Å². The number of hydrogen-bond donors (Lipinski definition) is 1. The fourth-order valence-electron chi connectivity index (χ4n) is 3.56. The molecule has 0 amide bonds. The molecule has 0 saturated carbocycles. The fourth-order valence-corrected chi connectivity index (χ4v) is 3.56. The molecule has 0 aromatic heterocycles. The number of nitrogens with one attached hydrogen (secondary N) is 1. The van der Waals surface area contributed by atoms with E-state index < -0.39 is 11.6 Å². The van der Waals surface area contributed by atoms with Gasteiger partial charge in [-0.3, -0.25) is 0 Å². The molecule has 0 spiro atoms. The number of hydrogen-bond acceptors (Lipinski definition) is 7. The Bertz CT molecular complexity index is 1010. The van der Waals surface area contributed by atoms with Crippen LogP contribution in [0.3, 0.4) is 0 Å². The number of nitrogens with zero attached hydrogens (tertiary/aromatic N) is 1. The van der Waals surface area contributed by atoms with Crippen LogP contribution in [0.2, 0.25) is 0 Å². The molecule has 170 valence electrons. The van der Waals surface area contributed by atoms with Gasteiger partial charge in [-0.1, -0.05) is 23.4 Å². The smallest absolute Gasteiger partial charge is 0.187 e. The first-order valence-electron chi connectivity index (χ1n) is 10.4. The lowest BCUT2D eigenvalue weighted by Gasteiger charge is -2.27. The summed E-state index contributed by atoms with van der Waals surface area (Å²) >= 11 is 0. The van der Waals surface area contributed by atoms with Gasteiger partial charge in [-0.25, -0.2) is 4.39 Å². The summed E-state index contributed by atoms with van der Waals surface area (Å²) in [4.78, 5) is 5.33. The Balaban J connectivity index is 1.40. The minimum atomic E-state index is -0.652. The average molecular weight is 442 g/mol. The largest absolute Gasteiger partial charge is 0.486 e. The highest BCUT2D eigenvalue weighted by Crippen LogP contribution is 2.28. The number of methoxy groups -OCH3 is 1. The van der Waals surface area contributed by atoms with Crippen molar-refractivity contribution in [3.8, 4) is 11.5 Å². The van der Waals surface area contributed by atoms with Gasteiger partial charge in [0.05, 0.1) is 26.0 Å². The van der Waals surface area contributed by atoms with Crippen LogP contribution >= 0.6 is 0 Å². The first kappa shape index (κ1) is 22.1. The molecular weight excluding hydrogens is 415 g/mol. The number of oxime groups is 1. The lowest BCUT2D eigenvalue weighted by molar-refractivity contribution is -0.131. The molecule has 2 heterocycles. The van der Waals surface area contributed by atoms with Gasteiger partial charge in [0, 0.05) is 18.2 Å². The zero-order valence-corrected chi connectivity index (χ0v) is 18.5. The van der Waals surface area contributed by atoms with Crippen molar-refractivity contribution in [2.24, 2.45) is 5.16 Å². The molecular formula is C24H27FN2O5. The lowest BCUT2D eigenvalue weighted by Crippen LogP contribution is -2.33. The van der Waals surface area contributed by atoms with Gasteiger partial charge in [-0.2, -0.15) is 0 Å². The summed E-state index contributed by atoms with van der Waals surface area (Å²) in [6.45, 7) is 5.94. The fraction of sp³-hybridized carbons (Fsp3) is 0.375. The first-order valence-corrected chi connectivity index (χ1v) is 10.4. The number of dihydropyridines is 1. The van der Waals surface area contributed by atoms with Crippen LogP contribution in [0.25, 0.3) is 0 Å². The van der Waals surface area contributed by atoms with E-state index in [0.717, 1.165) is 17.0 Å². The van der Waals surface area contributed by atoms with E-state index in [2.05, 4.69) is 16.5 Å². The van der Waals surface area contributed by atoms with Crippen molar-refractivity contribution in [2.75, 3.05) is 13.7 Å². The molecule has 1 aromatic rings. The minimum Gasteiger partial charge on any atom is -0.486 e. The maximum Gasteiger partial charge on any atom is 0.187 e. The van der Waals surface area contributed by atoms with Crippen LogP contribution in [0.15, 0.2) is 70.8 Å². The molecule has 3 atom stereocenters. The molecule has 7 nitrogen and oxygen atoms in total. The quantitative estimate of drug-likeness (QED) is 0.509. The zero-order valence-electron chi connectivity index (χ0n) is 18.5. The summed E-state index contributed by atoms with van der Waals surface area (Å²) in [5, 5.41) is 7.17. The molecule has 1 saturated heterocycles. The molecule has 1 aromatic carbocycles. The van der Waals surface area contributed by atoms with E-state index in [9.17, 15) is 4.39 Å². The lowest BCUT2D eigenvalue weighted by atomic mass is 9.93. The number of benzene rings is 1. The van der Waals surface area contributed by atoms with Gasteiger partial charge in [0.15, 0.2) is 17.4 Å². The van der Waals surface area contributed by atoms with E-state index in [1.165, 1.54) is 18.3 Å². The van der Waals surface area contributed by atoms with Crippen LogP contribution in [0.4, 0.5) is 4.39 Å².